The molecule has 0 bridgehead atoms. The highest BCUT2D eigenvalue weighted by molar-refractivity contribution is 7.13. The van der Waals surface area contributed by atoms with Gasteiger partial charge < -0.3 is 4.90 Å². The Hall–Kier alpha value is -1.99. The summed E-state index contributed by atoms with van der Waals surface area (Å²) in [5.41, 5.74) is 0. The number of hydrogen-bond acceptors (Lipinski definition) is 5. The third kappa shape index (κ3) is 3.10. The monoisotopic (exact) mass is 373 g/mol. The molecule has 0 unspecified atom stereocenters. The number of allylic oxidation sites excluding steroid dienone is 2. The molecule has 1 aliphatic carbocycles. The minimum atomic E-state index is -0.169. The van der Waals surface area contributed by atoms with Crippen molar-refractivity contribution in [3.05, 3.63) is 34.0 Å². The van der Waals surface area contributed by atoms with Crippen molar-refractivity contribution in [2.45, 2.75) is 19.8 Å². The second-order valence-corrected chi connectivity index (χ2v) is 8.51. The Bertz CT molecular complexity index is 738. The summed E-state index contributed by atoms with van der Waals surface area (Å²) in [5, 5.41) is 0. The standard InChI is InChI=1S/C19H23N3O3S/c1-13-6-7-16(26-13)19(25)21-10-8-20(9-11-21)12-22-17(23)14-4-2-3-5-15(14)18(22)24/h2-3,6-7,14-15H,4-5,8-12H2,1H3/t14-,15-/m1/s1. The van der Waals surface area contributed by atoms with Crippen molar-refractivity contribution in [2.75, 3.05) is 32.8 Å². The second-order valence-electron chi connectivity index (χ2n) is 7.22. The quantitative estimate of drug-likeness (QED) is 0.598. The molecule has 3 aliphatic rings. The van der Waals surface area contributed by atoms with Crippen LogP contribution < -0.4 is 0 Å². The van der Waals surface area contributed by atoms with E-state index in [1.807, 2.05) is 36.1 Å². The first-order valence-electron chi connectivity index (χ1n) is 9.13. The molecule has 2 fully saturated rings. The number of carbonyl (C=O) groups is 3. The number of aryl methyl sites for hydroxylation is 1. The van der Waals surface area contributed by atoms with Gasteiger partial charge in [-0.1, -0.05) is 12.2 Å². The molecule has 26 heavy (non-hydrogen) atoms. The molecular formula is C19H23N3O3S. The predicted molar refractivity (Wildman–Crippen MR) is 98.6 cm³/mol. The number of imide groups is 1. The van der Waals surface area contributed by atoms with Crippen LogP contribution in [-0.2, 0) is 9.59 Å². The van der Waals surface area contributed by atoms with Crippen LogP contribution in [0.3, 0.4) is 0 Å². The van der Waals surface area contributed by atoms with Gasteiger partial charge in [0.1, 0.15) is 0 Å². The number of amides is 3. The van der Waals surface area contributed by atoms with Crippen molar-refractivity contribution >= 4 is 29.1 Å². The molecule has 2 aliphatic heterocycles. The van der Waals surface area contributed by atoms with Gasteiger partial charge in [-0.25, -0.2) is 0 Å². The summed E-state index contributed by atoms with van der Waals surface area (Å²) in [6.07, 6.45) is 5.36. The van der Waals surface area contributed by atoms with E-state index in [1.54, 1.807) is 0 Å². The fourth-order valence-corrected chi connectivity index (χ4v) is 4.84. The van der Waals surface area contributed by atoms with Gasteiger partial charge in [0.15, 0.2) is 0 Å². The molecule has 2 atom stereocenters. The summed E-state index contributed by atoms with van der Waals surface area (Å²) >= 11 is 1.52. The minimum Gasteiger partial charge on any atom is -0.335 e. The zero-order chi connectivity index (χ0) is 18.3. The fraction of sp³-hybridized carbons (Fsp3) is 0.526. The minimum absolute atomic E-state index is 0.0306. The molecule has 1 aromatic rings. The zero-order valence-corrected chi connectivity index (χ0v) is 15.7. The molecule has 0 spiro atoms. The number of carbonyl (C=O) groups excluding carboxylic acids is 3. The molecule has 0 N–H and O–H groups in total. The number of rotatable bonds is 3. The first-order valence-corrected chi connectivity index (χ1v) is 9.94. The summed E-state index contributed by atoms with van der Waals surface area (Å²) < 4.78 is 0. The van der Waals surface area contributed by atoms with Crippen LogP contribution in [0.4, 0.5) is 0 Å². The topological polar surface area (TPSA) is 60.9 Å². The Kier molecular flexibility index (Phi) is 4.67. The van der Waals surface area contributed by atoms with Gasteiger partial charge in [0.25, 0.3) is 5.91 Å². The van der Waals surface area contributed by atoms with Gasteiger partial charge in [-0.05, 0) is 31.9 Å². The molecule has 4 rings (SSSR count). The molecule has 0 aromatic carbocycles. The number of thiophene rings is 1. The van der Waals surface area contributed by atoms with Gasteiger partial charge in [-0.2, -0.15) is 0 Å². The van der Waals surface area contributed by atoms with Gasteiger partial charge in [0.2, 0.25) is 11.8 Å². The number of likely N-dealkylation sites (tertiary alicyclic amines) is 1. The van der Waals surface area contributed by atoms with E-state index in [-0.39, 0.29) is 29.6 Å². The predicted octanol–water partition coefficient (Wildman–Crippen LogP) is 1.72. The first kappa shape index (κ1) is 17.4. The van der Waals surface area contributed by atoms with Crippen LogP contribution in [0.2, 0.25) is 0 Å². The molecule has 138 valence electrons. The van der Waals surface area contributed by atoms with Crippen LogP contribution in [0.15, 0.2) is 24.3 Å². The maximum Gasteiger partial charge on any atom is 0.264 e. The number of fused-ring (bicyclic) bond motifs is 1. The molecule has 7 heteroatoms. The Morgan fingerprint density at radius 1 is 1.04 bits per heavy atom. The Labute approximate surface area is 157 Å². The normalized spacial score (nSPS) is 26.5. The summed E-state index contributed by atoms with van der Waals surface area (Å²) in [4.78, 5) is 45.0. The maximum atomic E-state index is 12.6. The van der Waals surface area contributed by atoms with E-state index in [1.165, 1.54) is 16.2 Å². The van der Waals surface area contributed by atoms with Gasteiger partial charge in [-0.15, -0.1) is 11.3 Å². The largest absolute Gasteiger partial charge is 0.335 e. The summed E-state index contributed by atoms with van der Waals surface area (Å²) in [6, 6.07) is 3.85. The highest BCUT2D eigenvalue weighted by Gasteiger charge is 2.47. The SMILES string of the molecule is Cc1ccc(C(=O)N2CCN(CN3C(=O)[C@@H]4CC=CC[C@H]4C3=O)CC2)s1. The third-order valence-corrected chi connectivity index (χ3v) is 6.54. The van der Waals surface area contributed by atoms with E-state index in [2.05, 4.69) is 4.90 Å². The van der Waals surface area contributed by atoms with E-state index in [0.717, 1.165) is 9.75 Å². The van der Waals surface area contributed by atoms with E-state index in [4.69, 9.17) is 0 Å². The second kappa shape index (κ2) is 6.96. The molecule has 2 saturated heterocycles. The fourth-order valence-electron chi connectivity index (χ4n) is 4.01. The van der Waals surface area contributed by atoms with Gasteiger partial charge >= 0.3 is 0 Å². The lowest BCUT2D eigenvalue weighted by Gasteiger charge is -2.36. The smallest absolute Gasteiger partial charge is 0.264 e. The van der Waals surface area contributed by atoms with Crippen molar-refractivity contribution in [3.8, 4) is 0 Å². The lowest BCUT2D eigenvalue weighted by atomic mass is 9.85. The van der Waals surface area contributed by atoms with Crippen molar-refractivity contribution in [2.24, 2.45) is 11.8 Å². The number of piperazine rings is 1. The summed E-state index contributed by atoms with van der Waals surface area (Å²) in [7, 11) is 0. The molecule has 1 aromatic heterocycles. The van der Waals surface area contributed by atoms with Gasteiger partial charge in [-0.3, -0.25) is 24.2 Å². The average Bonchev–Trinajstić information content (AvgIpc) is 3.20. The van der Waals surface area contributed by atoms with E-state index in [9.17, 15) is 14.4 Å². The molecule has 0 radical (unpaired) electrons. The van der Waals surface area contributed by atoms with Crippen molar-refractivity contribution in [1.82, 2.24) is 14.7 Å². The first-order chi connectivity index (χ1) is 12.5. The van der Waals surface area contributed by atoms with Crippen LogP contribution >= 0.6 is 11.3 Å². The van der Waals surface area contributed by atoms with Crippen LogP contribution in [0.25, 0.3) is 0 Å². The number of hydrogen-bond donors (Lipinski definition) is 0. The summed E-state index contributed by atoms with van der Waals surface area (Å²) in [6.45, 7) is 4.96. The third-order valence-electron chi connectivity index (χ3n) is 5.55. The Morgan fingerprint density at radius 3 is 2.19 bits per heavy atom. The lowest BCUT2D eigenvalue weighted by Crippen LogP contribution is -2.52. The Balaban J connectivity index is 1.33. The van der Waals surface area contributed by atoms with Crippen LogP contribution in [-0.4, -0.2) is 65.3 Å². The van der Waals surface area contributed by atoms with Crippen LogP contribution in [0, 0.1) is 18.8 Å². The van der Waals surface area contributed by atoms with E-state index < -0.39 is 0 Å². The van der Waals surface area contributed by atoms with Crippen LogP contribution in [0.1, 0.15) is 27.4 Å². The molecule has 3 amide bonds. The molecule has 6 nitrogen and oxygen atoms in total. The molecular weight excluding hydrogens is 350 g/mol. The van der Waals surface area contributed by atoms with Gasteiger partial charge in [0, 0.05) is 31.1 Å². The Morgan fingerprint density at radius 2 is 1.65 bits per heavy atom. The van der Waals surface area contributed by atoms with Crippen molar-refractivity contribution in [1.29, 1.82) is 0 Å². The van der Waals surface area contributed by atoms with E-state index in [0.29, 0.717) is 45.7 Å². The van der Waals surface area contributed by atoms with Gasteiger partial charge in [0.05, 0.1) is 23.4 Å². The summed E-state index contributed by atoms with van der Waals surface area (Å²) in [5.74, 6) is -0.322. The molecule has 0 saturated carbocycles. The highest BCUT2D eigenvalue weighted by Crippen LogP contribution is 2.35. The van der Waals surface area contributed by atoms with Crippen molar-refractivity contribution in [3.63, 3.8) is 0 Å². The maximum absolute atomic E-state index is 12.6. The highest BCUT2D eigenvalue weighted by atomic mass is 32.1. The van der Waals surface area contributed by atoms with E-state index >= 15 is 0 Å². The zero-order valence-electron chi connectivity index (χ0n) is 14.9. The van der Waals surface area contributed by atoms with Crippen molar-refractivity contribution < 1.29 is 14.4 Å². The van der Waals surface area contributed by atoms with Crippen LogP contribution in [0.5, 0.6) is 0 Å². The molecule has 3 heterocycles. The number of nitrogens with zero attached hydrogens (tertiary/aromatic N) is 3. The average molecular weight is 373 g/mol. The lowest BCUT2D eigenvalue weighted by molar-refractivity contribution is -0.142.